The average Bonchev–Trinajstić information content (AvgIpc) is 2.99. The van der Waals surface area contributed by atoms with E-state index in [1.165, 1.54) is 0 Å². The Hall–Kier alpha value is -3.22. The Balaban J connectivity index is 1.89. The third-order valence-electron chi connectivity index (χ3n) is 3.72. The number of aryl methyl sites for hydroxylation is 2. The number of benzene rings is 1. The van der Waals surface area contributed by atoms with Gasteiger partial charge in [-0.2, -0.15) is 5.10 Å². The minimum Gasteiger partial charge on any atom is -0.360 e. The van der Waals surface area contributed by atoms with Crippen molar-refractivity contribution in [1.82, 2.24) is 14.8 Å². The molecular weight excluding hydrogens is 306 g/mol. The zero-order chi connectivity index (χ0) is 17.1. The van der Waals surface area contributed by atoms with Gasteiger partial charge in [-0.25, -0.2) is 9.67 Å². The van der Waals surface area contributed by atoms with Crippen LogP contribution in [0.2, 0.25) is 0 Å². The maximum absolute atomic E-state index is 11.3. The molecule has 0 saturated heterocycles. The Morgan fingerprint density at radius 2 is 2.00 bits per heavy atom. The number of hydrogen-bond donors (Lipinski definition) is 1. The lowest BCUT2D eigenvalue weighted by atomic mass is 10.1. The number of para-hydroxylation sites is 1. The quantitative estimate of drug-likeness (QED) is 0.574. The van der Waals surface area contributed by atoms with Crippen LogP contribution in [0.25, 0.3) is 5.69 Å². The Kier molecular flexibility index (Phi) is 4.24. The SMILES string of the molecule is Cc1ccn(-c2ccccc2CNc2nccc(C)c2[N+](=O)[O-])n1. The summed E-state index contributed by atoms with van der Waals surface area (Å²) in [5, 5.41) is 18.8. The van der Waals surface area contributed by atoms with E-state index in [9.17, 15) is 10.1 Å². The Labute approximate surface area is 139 Å². The van der Waals surface area contributed by atoms with Crippen molar-refractivity contribution in [3.8, 4) is 5.69 Å². The molecule has 2 heterocycles. The second-order valence-electron chi connectivity index (χ2n) is 5.47. The number of nitrogens with zero attached hydrogens (tertiary/aromatic N) is 4. The van der Waals surface area contributed by atoms with Crippen molar-refractivity contribution in [3.05, 3.63) is 75.7 Å². The topological polar surface area (TPSA) is 85.9 Å². The molecule has 0 saturated carbocycles. The highest BCUT2D eigenvalue weighted by Crippen LogP contribution is 2.26. The van der Waals surface area contributed by atoms with E-state index in [-0.39, 0.29) is 11.5 Å². The van der Waals surface area contributed by atoms with Gasteiger partial charge in [0, 0.05) is 24.5 Å². The van der Waals surface area contributed by atoms with Crippen LogP contribution in [0, 0.1) is 24.0 Å². The van der Waals surface area contributed by atoms with Gasteiger partial charge in [0.1, 0.15) is 0 Å². The molecule has 7 nitrogen and oxygen atoms in total. The van der Waals surface area contributed by atoms with E-state index in [1.807, 2.05) is 43.5 Å². The number of nitrogens with one attached hydrogen (secondary N) is 1. The average molecular weight is 323 g/mol. The van der Waals surface area contributed by atoms with Crippen molar-refractivity contribution in [2.24, 2.45) is 0 Å². The van der Waals surface area contributed by atoms with Gasteiger partial charge >= 0.3 is 5.69 Å². The van der Waals surface area contributed by atoms with Gasteiger partial charge in [-0.15, -0.1) is 0 Å². The molecule has 7 heteroatoms. The van der Waals surface area contributed by atoms with Gasteiger partial charge in [0.15, 0.2) is 0 Å². The van der Waals surface area contributed by atoms with Crippen LogP contribution in [0.15, 0.2) is 48.8 Å². The van der Waals surface area contributed by atoms with E-state index >= 15 is 0 Å². The number of aromatic nitrogens is 3. The number of anilines is 1. The molecule has 3 rings (SSSR count). The van der Waals surface area contributed by atoms with Crippen LogP contribution in [0.4, 0.5) is 11.5 Å². The zero-order valence-electron chi connectivity index (χ0n) is 13.4. The molecule has 3 aromatic rings. The molecule has 2 aromatic heterocycles. The molecule has 0 amide bonds. The first-order valence-corrected chi connectivity index (χ1v) is 7.50. The van der Waals surface area contributed by atoms with Crippen molar-refractivity contribution in [3.63, 3.8) is 0 Å². The van der Waals surface area contributed by atoms with Crippen LogP contribution in [0.3, 0.4) is 0 Å². The lowest BCUT2D eigenvalue weighted by Gasteiger charge is -2.11. The summed E-state index contributed by atoms with van der Waals surface area (Å²) in [6.07, 6.45) is 3.45. The normalized spacial score (nSPS) is 10.6. The fourth-order valence-electron chi connectivity index (χ4n) is 2.52. The Bertz CT molecular complexity index is 888. The fraction of sp³-hybridized carbons (Fsp3) is 0.176. The summed E-state index contributed by atoms with van der Waals surface area (Å²) in [6.45, 7) is 4.04. The highest BCUT2D eigenvalue weighted by molar-refractivity contribution is 5.60. The third-order valence-corrected chi connectivity index (χ3v) is 3.72. The van der Waals surface area contributed by atoms with Crippen molar-refractivity contribution in [2.75, 3.05) is 5.32 Å². The summed E-state index contributed by atoms with van der Waals surface area (Å²) >= 11 is 0. The molecular formula is C17H17N5O2. The molecule has 0 unspecified atom stereocenters. The largest absolute Gasteiger partial charge is 0.360 e. The molecule has 0 atom stereocenters. The van der Waals surface area contributed by atoms with Gasteiger partial charge in [-0.1, -0.05) is 18.2 Å². The third kappa shape index (κ3) is 3.10. The molecule has 0 fully saturated rings. The molecule has 0 aliphatic rings. The van der Waals surface area contributed by atoms with E-state index in [1.54, 1.807) is 23.9 Å². The molecule has 1 aromatic carbocycles. The summed E-state index contributed by atoms with van der Waals surface area (Å²) in [7, 11) is 0. The summed E-state index contributed by atoms with van der Waals surface area (Å²) in [4.78, 5) is 15.0. The van der Waals surface area contributed by atoms with Crippen molar-refractivity contribution >= 4 is 11.5 Å². The van der Waals surface area contributed by atoms with E-state index in [4.69, 9.17) is 0 Å². The standard InChI is InChI=1S/C17H17N5O2/c1-12-7-9-18-17(16(12)22(23)24)19-11-14-5-3-4-6-15(14)21-10-8-13(2)20-21/h3-10H,11H2,1-2H3,(H,18,19). The van der Waals surface area contributed by atoms with E-state index in [0.717, 1.165) is 16.9 Å². The van der Waals surface area contributed by atoms with Gasteiger partial charge in [0.25, 0.3) is 0 Å². The van der Waals surface area contributed by atoms with Gasteiger partial charge in [0.05, 0.1) is 16.3 Å². The molecule has 0 bridgehead atoms. The first kappa shape index (κ1) is 15.7. The number of pyridine rings is 1. The lowest BCUT2D eigenvalue weighted by molar-refractivity contribution is -0.384. The van der Waals surface area contributed by atoms with Crippen molar-refractivity contribution in [2.45, 2.75) is 20.4 Å². The van der Waals surface area contributed by atoms with E-state index < -0.39 is 4.92 Å². The van der Waals surface area contributed by atoms with Crippen molar-refractivity contribution < 1.29 is 4.92 Å². The molecule has 24 heavy (non-hydrogen) atoms. The number of rotatable bonds is 5. The van der Waals surface area contributed by atoms with E-state index in [0.29, 0.717) is 12.1 Å². The van der Waals surface area contributed by atoms with Gasteiger partial charge in [-0.3, -0.25) is 10.1 Å². The molecule has 0 spiro atoms. The van der Waals surface area contributed by atoms with Crippen molar-refractivity contribution in [1.29, 1.82) is 0 Å². The maximum atomic E-state index is 11.3. The molecule has 0 aliphatic carbocycles. The predicted octanol–water partition coefficient (Wildman–Crippen LogP) is 3.40. The Morgan fingerprint density at radius 1 is 1.21 bits per heavy atom. The zero-order valence-corrected chi connectivity index (χ0v) is 13.4. The summed E-state index contributed by atoms with van der Waals surface area (Å²) in [5.41, 5.74) is 3.40. The summed E-state index contributed by atoms with van der Waals surface area (Å²) < 4.78 is 1.80. The molecule has 0 radical (unpaired) electrons. The highest BCUT2D eigenvalue weighted by Gasteiger charge is 2.18. The van der Waals surface area contributed by atoms with Gasteiger partial charge in [-0.05, 0) is 37.6 Å². The van der Waals surface area contributed by atoms with Gasteiger partial charge < -0.3 is 5.32 Å². The van der Waals surface area contributed by atoms with Gasteiger partial charge in [0.2, 0.25) is 5.82 Å². The Morgan fingerprint density at radius 3 is 2.71 bits per heavy atom. The summed E-state index contributed by atoms with van der Waals surface area (Å²) in [6, 6.07) is 11.3. The summed E-state index contributed by atoms with van der Waals surface area (Å²) in [5.74, 6) is 0.270. The first-order chi connectivity index (χ1) is 11.6. The van der Waals surface area contributed by atoms with Crippen LogP contribution in [0.5, 0.6) is 0 Å². The second kappa shape index (κ2) is 6.49. The minimum absolute atomic E-state index is 0.00455. The van der Waals surface area contributed by atoms with Crippen LogP contribution in [-0.2, 0) is 6.54 Å². The monoisotopic (exact) mass is 323 g/mol. The molecule has 0 aliphatic heterocycles. The van der Waals surface area contributed by atoms with E-state index in [2.05, 4.69) is 15.4 Å². The second-order valence-corrected chi connectivity index (χ2v) is 5.47. The maximum Gasteiger partial charge on any atom is 0.314 e. The predicted molar refractivity (Wildman–Crippen MR) is 91.3 cm³/mol. The fourth-order valence-corrected chi connectivity index (χ4v) is 2.52. The van der Waals surface area contributed by atoms with Crippen LogP contribution in [-0.4, -0.2) is 19.7 Å². The minimum atomic E-state index is -0.409. The number of hydrogen-bond acceptors (Lipinski definition) is 5. The molecule has 1 N–H and O–H groups in total. The lowest BCUT2D eigenvalue weighted by Crippen LogP contribution is -2.08. The first-order valence-electron chi connectivity index (χ1n) is 7.50. The highest BCUT2D eigenvalue weighted by atomic mass is 16.6. The van der Waals surface area contributed by atoms with Crippen LogP contribution in [0.1, 0.15) is 16.8 Å². The van der Waals surface area contributed by atoms with Crippen LogP contribution >= 0.6 is 0 Å². The van der Waals surface area contributed by atoms with Crippen LogP contribution < -0.4 is 5.32 Å². The molecule has 122 valence electrons. The number of nitro groups is 1. The smallest absolute Gasteiger partial charge is 0.314 e.